The van der Waals surface area contributed by atoms with Gasteiger partial charge in [0, 0.05) is 24.7 Å². The summed E-state index contributed by atoms with van der Waals surface area (Å²) in [6.07, 6.45) is 3.21. The van der Waals surface area contributed by atoms with E-state index in [0.717, 1.165) is 0 Å². The number of hydrogen-bond donors (Lipinski definition) is 1. The van der Waals surface area contributed by atoms with E-state index in [4.69, 9.17) is 5.11 Å². The maximum absolute atomic E-state index is 11.2. The number of hydrogen-bond acceptors (Lipinski definition) is 4. The van der Waals surface area contributed by atoms with Crippen molar-refractivity contribution in [2.45, 2.75) is 20.1 Å². The molecular weight excluding hydrogens is 204 g/mol. The fourth-order valence-corrected chi connectivity index (χ4v) is 1.84. The first-order valence-corrected chi connectivity index (χ1v) is 6.22. The minimum absolute atomic E-state index is 0.0901. The Morgan fingerprint density at radius 3 is 2.86 bits per heavy atom. The summed E-state index contributed by atoms with van der Waals surface area (Å²) < 4.78 is 24.0. The third kappa shape index (κ3) is 2.81. The first kappa shape index (κ1) is 11.2. The molecule has 14 heavy (non-hydrogen) atoms. The number of sulfone groups is 1. The molecule has 0 saturated carbocycles. The summed E-state index contributed by atoms with van der Waals surface area (Å²) in [6, 6.07) is 0. The average molecular weight is 218 g/mol. The molecule has 0 aliphatic carbocycles. The highest BCUT2D eigenvalue weighted by molar-refractivity contribution is 7.91. The lowest BCUT2D eigenvalue weighted by atomic mass is 10.6. The van der Waals surface area contributed by atoms with E-state index < -0.39 is 9.84 Å². The second-order valence-electron chi connectivity index (χ2n) is 2.93. The first-order chi connectivity index (χ1) is 6.59. The zero-order chi connectivity index (χ0) is 10.6. The lowest BCUT2D eigenvalue weighted by molar-refractivity contribution is 0.265. The highest BCUT2D eigenvalue weighted by Crippen LogP contribution is 1.99. The van der Waals surface area contributed by atoms with E-state index in [2.05, 4.69) is 4.98 Å². The molecule has 0 aliphatic heterocycles. The molecule has 0 spiro atoms. The summed E-state index contributed by atoms with van der Waals surface area (Å²) in [7, 11) is -2.95. The highest BCUT2D eigenvalue weighted by Gasteiger charge is 2.08. The van der Waals surface area contributed by atoms with Crippen molar-refractivity contribution < 1.29 is 13.5 Å². The van der Waals surface area contributed by atoms with Gasteiger partial charge in [0.2, 0.25) is 0 Å². The van der Waals surface area contributed by atoms with E-state index in [1.165, 1.54) is 0 Å². The van der Waals surface area contributed by atoms with Gasteiger partial charge < -0.3 is 9.67 Å². The second-order valence-corrected chi connectivity index (χ2v) is 5.40. The Bertz CT molecular complexity index is 383. The molecule has 5 nitrogen and oxygen atoms in total. The van der Waals surface area contributed by atoms with Gasteiger partial charge in [0.1, 0.15) is 12.4 Å². The number of nitrogens with zero attached hydrogens (tertiary/aromatic N) is 2. The molecule has 80 valence electrons. The van der Waals surface area contributed by atoms with Crippen molar-refractivity contribution in [3.63, 3.8) is 0 Å². The van der Waals surface area contributed by atoms with Crippen molar-refractivity contribution in [2.24, 2.45) is 0 Å². The van der Waals surface area contributed by atoms with E-state index in [9.17, 15) is 8.42 Å². The SMILES string of the molecule is CCS(=O)(=O)CCn1ccnc1CO. The third-order valence-electron chi connectivity index (χ3n) is 2.03. The molecule has 1 aromatic rings. The molecule has 0 unspecified atom stereocenters. The Morgan fingerprint density at radius 1 is 1.57 bits per heavy atom. The number of aliphatic hydroxyl groups is 1. The summed E-state index contributed by atoms with van der Waals surface area (Å²) in [5.41, 5.74) is 0. The number of aliphatic hydroxyl groups excluding tert-OH is 1. The van der Waals surface area contributed by atoms with E-state index in [0.29, 0.717) is 12.4 Å². The van der Waals surface area contributed by atoms with Crippen LogP contribution in [0.5, 0.6) is 0 Å². The Kier molecular flexibility index (Phi) is 3.65. The van der Waals surface area contributed by atoms with Gasteiger partial charge >= 0.3 is 0 Å². The van der Waals surface area contributed by atoms with E-state index in [1.54, 1.807) is 23.9 Å². The van der Waals surface area contributed by atoms with Crippen LogP contribution in [-0.4, -0.2) is 34.6 Å². The van der Waals surface area contributed by atoms with Crippen LogP contribution < -0.4 is 0 Å². The van der Waals surface area contributed by atoms with Crippen molar-refractivity contribution in [1.29, 1.82) is 0 Å². The van der Waals surface area contributed by atoms with Gasteiger partial charge in [-0.15, -0.1) is 0 Å². The van der Waals surface area contributed by atoms with Gasteiger partial charge in [-0.25, -0.2) is 13.4 Å². The van der Waals surface area contributed by atoms with Crippen molar-refractivity contribution in [3.8, 4) is 0 Å². The van der Waals surface area contributed by atoms with Crippen LogP contribution >= 0.6 is 0 Å². The topological polar surface area (TPSA) is 72.2 Å². The Hall–Kier alpha value is -0.880. The summed E-state index contributed by atoms with van der Waals surface area (Å²) in [5.74, 6) is 0.736. The van der Waals surface area contributed by atoms with Crippen molar-refractivity contribution >= 4 is 9.84 Å². The van der Waals surface area contributed by atoms with Crippen LogP contribution in [0.4, 0.5) is 0 Å². The third-order valence-corrected chi connectivity index (χ3v) is 3.71. The summed E-state index contributed by atoms with van der Waals surface area (Å²) in [5, 5.41) is 8.86. The predicted molar refractivity (Wildman–Crippen MR) is 52.5 cm³/mol. The summed E-state index contributed by atoms with van der Waals surface area (Å²) in [4.78, 5) is 3.88. The van der Waals surface area contributed by atoms with Gasteiger partial charge in [0.25, 0.3) is 0 Å². The molecule has 0 aromatic carbocycles. The van der Waals surface area contributed by atoms with Gasteiger partial charge in [0.05, 0.1) is 5.75 Å². The molecule has 0 radical (unpaired) electrons. The van der Waals surface area contributed by atoms with Gasteiger partial charge in [-0.05, 0) is 0 Å². The van der Waals surface area contributed by atoms with Gasteiger partial charge in [0.15, 0.2) is 9.84 Å². The zero-order valence-electron chi connectivity index (χ0n) is 8.05. The minimum atomic E-state index is -2.95. The molecule has 0 amide bonds. The monoisotopic (exact) mass is 218 g/mol. The van der Waals surface area contributed by atoms with Crippen LogP contribution in [-0.2, 0) is 23.0 Å². The fourth-order valence-electron chi connectivity index (χ4n) is 1.08. The highest BCUT2D eigenvalue weighted by atomic mass is 32.2. The quantitative estimate of drug-likeness (QED) is 0.743. The standard InChI is InChI=1S/C8H14N2O3S/c1-2-14(12,13)6-5-10-4-3-9-8(10)7-11/h3-4,11H,2,5-7H2,1H3. The maximum Gasteiger partial charge on any atom is 0.151 e. The second kappa shape index (κ2) is 4.56. The van der Waals surface area contributed by atoms with Crippen LogP contribution in [0.25, 0.3) is 0 Å². The number of aryl methyl sites for hydroxylation is 1. The number of rotatable bonds is 5. The Labute approximate surface area is 83.3 Å². The molecule has 0 atom stereocenters. The maximum atomic E-state index is 11.2. The minimum Gasteiger partial charge on any atom is -0.388 e. The normalized spacial score (nSPS) is 11.9. The van der Waals surface area contributed by atoms with E-state index in [-0.39, 0.29) is 18.1 Å². The van der Waals surface area contributed by atoms with Crippen molar-refractivity contribution in [1.82, 2.24) is 9.55 Å². The van der Waals surface area contributed by atoms with Gasteiger partial charge in [-0.3, -0.25) is 0 Å². The van der Waals surface area contributed by atoms with Crippen molar-refractivity contribution in [2.75, 3.05) is 11.5 Å². The van der Waals surface area contributed by atoms with Crippen LogP contribution in [0.1, 0.15) is 12.7 Å². The van der Waals surface area contributed by atoms with E-state index >= 15 is 0 Å². The Balaban J connectivity index is 2.62. The number of imidazole rings is 1. The van der Waals surface area contributed by atoms with Crippen LogP contribution in [0.15, 0.2) is 12.4 Å². The first-order valence-electron chi connectivity index (χ1n) is 4.40. The molecule has 0 aliphatic rings. The molecule has 1 aromatic heterocycles. The summed E-state index contributed by atoms with van der Waals surface area (Å²) in [6.45, 7) is 1.81. The van der Waals surface area contributed by atoms with Gasteiger partial charge in [-0.2, -0.15) is 0 Å². The fraction of sp³-hybridized carbons (Fsp3) is 0.625. The largest absolute Gasteiger partial charge is 0.388 e. The van der Waals surface area contributed by atoms with Gasteiger partial charge in [-0.1, -0.05) is 6.92 Å². The Morgan fingerprint density at radius 2 is 2.29 bits per heavy atom. The smallest absolute Gasteiger partial charge is 0.151 e. The lowest BCUT2D eigenvalue weighted by Crippen LogP contribution is -2.15. The molecule has 0 saturated heterocycles. The molecular formula is C8H14N2O3S. The van der Waals surface area contributed by atoms with Crippen LogP contribution in [0.3, 0.4) is 0 Å². The zero-order valence-corrected chi connectivity index (χ0v) is 8.87. The van der Waals surface area contributed by atoms with Crippen LogP contribution in [0.2, 0.25) is 0 Å². The summed E-state index contributed by atoms with van der Waals surface area (Å²) >= 11 is 0. The average Bonchev–Trinajstić information content (AvgIpc) is 2.62. The van der Waals surface area contributed by atoms with Crippen molar-refractivity contribution in [3.05, 3.63) is 18.2 Å². The molecule has 0 fully saturated rings. The predicted octanol–water partition coefficient (Wildman–Crippen LogP) is -0.190. The molecule has 1 heterocycles. The van der Waals surface area contributed by atoms with Crippen LogP contribution in [0, 0.1) is 0 Å². The van der Waals surface area contributed by atoms with E-state index in [1.807, 2.05) is 0 Å². The molecule has 1 rings (SSSR count). The molecule has 0 bridgehead atoms. The molecule has 1 N–H and O–H groups in total. The lowest BCUT2D eigenvalue weighted by Gasteiger charge is -2.05. The number of aromatic nitrogens is 2. The molecule has 6 heteroatoms.